The van der Waals surface area contributed by atoms with Gasteiger partial charge < -0.3 is 10.1 Å². The highest BCUT2D eigenvalue weighted by Gasteiger charge is 2.31. The molecular weight excluding hydrogens is 352 g/mol. The minimum Gasteiger partial charge on any atom is -0.370 e. The highest BCUT2D eigenvalue weighted by molar-refractivity contribution is 5.75. The van der Waals surface area contributed by atoms with Crippen LogP contribution in [0.3, 0.4) is 0 Å². The van der Waals surface area contributed by atoms with Crippen LogP contribution in [0.5, 0.6) is 0 Å². The molecule has 0 bridgehead atoms. The Hall–Kier alpha value is -2.73. The van der Waals surface area contributed by atoms with Crippen LogP contribution in [0.1, 0.15) is 43.4 Å². The fraction of sp³-hybridized carbons (Fsp3) is 0.409. The molecule has 6 heteroatoms. The highest BCUT2D eigenvalue weighted by atomic mass is 16.5. The molecule has 146 valence electrons. The van der Waals surface area contributed by atoms with Gasteiger partial charge in [-0.1, -0.05) is 41.6 Å². The van der Waals surface area contributed by atoms with Crippen molar-refractivity contribution < 1.29 is 9.53 Å². The average Bonchev–Trinajstić information content (AvgIpc) is 3.07. The molecule has 0 radical (unpaired) electrons. The molecule has 28 heavy (non-hydrogen) atoms. The van der Waals surface area contributed by atoms with Crippen molar-refractivity contribution in [1.82, 2.24) is 20.3 Å². The Morgan fingerprint density at radius 2 is 2.04 bits per heavy atom. The zero-order valence-corrected chi connectivity index (χ0v) is 16.3. The minimum atomic E-state index is -0.0576. The monoisotopic (exact) mass is 378 g/mol. The molecule has 3 atom stereocenters. The van der Waals surface area contributed by atoms with Gasteiger partial charge in [0.25, 0.3) is 0 Å². The lowest BCUT2D eigenvalue weighted by molar-refractivity contribution is -0.122. The molecule has 0 spiro atoms. The number of amides is 1. The highest BCUT2D eigenvalue weighted by Crippen LogP contribution is 2.34. The number of benzene rings is 2. The van der Waals surface area contributed by atoms with Gasteiger partial charge in [0, 0.05) is 20.0 Å². The normalized spacial score (nSPS) is 22.3. The number of ether oxygens (including phenoxy) is 1. The van der Waals surface area contributed by atoms with Crippen molar-refractivity contribution in [2.45, 2.75) is 50.9 Å². The van der Waals surface area contributed by atoms with Crippen LogP contribution in [0.4, 0.5) is 0 Å². The molecule has 2 aromatic carbocycles. The zero-order chi connectivity index (χ0) is 19.5. The van der Waals surface area contributed by atoms with E-state index in [4.69, 9.17) is 4.74 Å². The SMILES string of the molecule is CC(=O)N[C@H]1C[C@@H](CCc2ccccc2)O[C@@H](c2ccc3c(c2)nnn3C)C1. The van der Waals surface area contributed by atoms with E-state index >= 15 is 0 Å². The summed E-state index contributed by atoms with van der Waals surface area (Å²) in [5.74, 6) is 0.0110. The number of aromatic nitrogens is 3. The third kappa shape index (κ3) is 4.22. The van der Waals surface area contributed by atoms with E-state index in [0.29, 0.717) is 0 Å². The predicted molar refractivity (Wildman–Crippen MR) is 108 cm³/mol. The first-order valence-electron chi connectivity index (χ1n) is 9.84. The molecule has 1 saturated heterocycles. The molecule has 4 rings (SSSR count). The van der Waals surface area contributed by atoms with E-state index in [1.165, 1.54) is 5.56 Å². The van der Waals surface area contributed by atoms with Gasteiger partial charge in [-0.15, -0.1) is 5.10 Å². The molecule has 0 unspecified atom stereocenters. The lowest BCUT2D eigenvalue weighted by Crippen LogP contribution is -2.42. The average molecular weight is 378 g/mol. The fourth-order valence-electron chi connectivity index (χ4n) is 4.05. The summed E-state index contributed by atoms with van der Waals surface area (Å²) in [5.41, 5.74) is 4.27. The van der Waals surface area contributed by atoms with Crippen LogP contribution in [0.15, 0.2) is 48.5 Å². The van der Waals surface area contributed by atoms with Gasteiger partial charge in [0.05, 0.1) is 17.7 Å². The number of nitrogens with one attached hydrogen (secondary N) is 1. The number of aryl methyl sites for hydroxylation is 2. The number of hydrogen-bond acceptors (Lipinski definition) is 4. The van der Waals surface area contributed by atoms with E-state index in [-0.39, 0.29) is 24.2 Å². The predicted octanol–water partition coefficient (Wildman–Crippen LogP) is 3.33. The van der Waals surface area contributed by atoms with Gasteiger partial charge in [-0.25, -0.2) is 4.68 Å². The van der Waals surface area contributed by atoms with E-state index in [0.717, 1.165) is 42.3 Å². The molecule has 1 aliphatic rings. The Balaban J connectivity index is 1.51. The van der Waals surface area contributed by atoms with Crippen LogP contribution in [0, 0.1) is 0 Å². The maximum Gasteiger partial charge on any atom is 0.217 e. The molecular formula is C22H26N4O2. The number of nitrogens with zero attached hydrogens (tertiary/aromatic N) is 3. The first-order chi connectivity index (χ1) is 13.6. The van der Waals surface area contributed by atoms with Crippen LogP contribution in [-0.4, -0.2) is 33.0 Å². The Bertz CT molecular complexity index is 954. The van der Waals surface area contributed by atoms with Gasteiger partial charge in [-0.3, -0.25) is 4.79 Å². The summed E-state index contributed by atoms with van der Waals surface area (Å²) in [7, 11) is 1.89. The molecule has 0 aliphatic carbocycles. The Morgan fingerprint density at radius 1 is 1.21 bits per heavy atom. The number of fused-ring (bicyclic) bond motifs is 1. The van der Waals surface area contributed by atoms with E-state index < -0.39 is 0 Å². The smallest absolute Gasteiger partial charge is 0.217 e. The third-order valence-corrected chi connectivity index (χ3v) is 5.41. The van der Waals surface area contributed by atoms with E-state index in [1.807, 2.05) is 19.2 Å². The van der Waals surface area contributed by atoms with Gasteiger partial charge in [0.1, 0.15) is 5.52 Å². The standard InChI is InChI=1S/C22H26N4O2/c1-15(27)23-18-13-19(10-8-16-6-4-3-5-7-16)28-22(14-18)17-9-11-21-20(12-17)24-25-26(21)2/h3-7,9,11-12,18-19,22H,8,10,13-14H2,1-2H3,(H,23,27)/t18-,19+,22+/m0/s1. The van der Waals surface area contributed by atoms with Crippen molar-refractivity contribution in [1.29, 1.82) is 0 Å². The number of carbonyl (C=O) groups is 1. The maximum atomic E-state index is 11.6. The molecule has 1 aromatic heterocycles. The van der Waals surface area contributed by atoms with Crippen molar-refractivity contribution in [3.63, 3.8) is 0 Å². The van der Waals surface area contributed by atoms with E-state index in [1.54, 1.807) is 11.6 Å². The summed E-state index contributed by atoms with van der Waals surface area (Å²) in [6.07, 6.45) is 3.56. The molecule has 0 saturated carbocycles. The fourth-order valence-corrected chi connectivity index (χ4v) is 4.05. The molecule has 6 nitrogen and oxygen atoms in total. The molecule has 1 amide bonds. The number of carbonyl (C=O) groups excluding carboxylic acids is 1. The first-order valence-corrected chi connectivity index (χ1v) is 9.84. The lowest BCUT2D eigenvalue weighted by Gasteiger charge is -2.36. The number of rotatable bonds is 5. The van der Waals surface area contributed by atoms with Gasteiger partial charge in [0.15, 0.2) is 0 Å². The van der Waals surface area contributed by atoms with Crippen LogP contribution in [0.25, 0.3) is 11.0 Å². The third-order valence-electron chi connectivity index (χ3n) is 5.41. The Morgan fingerprint density at radius 3 is 2.82 bits per heavy atom. The largest absolute Gasteiger partial charge is 0.370 e. The Kier molecular flexibility index (Phi) is 5.39. The first kappa shape index (κ1) is 18.6. The number of hydrogen-bond donors (Lipinski definition) is 1. The van der Waals surface area contributed by atoms with Crippen molar-refractivity contribution in [2.75, 3.05) is 0 Å². The van der Waals surface area contributed by atoms with Crippen LogP contribution in [0.2, 0.25) is 0 Å². The molecule has 3 aromatic rings. The van der Waals surface area contributed by atoms with Gasteiger partial charge >= 0.3 is 0 Å². The second-order valence-corrected chi connectivity index (χ2v) is 7.60. The lowest BCUT2D eigenvalue weighted by atomic mass is 9.91. The van der Waals surface area contributed by atoms with Crippen molar-refractivity contribution >= 4 is 16.9 Å². The van der Waals surface area contributed by atoms with Gasteiger partial charge in [-0.05, 0) is 48.9 Å². The summed E-state index contributed by atoms with van der Waals surface area (Å²) >= 11 is 0. The van der Waals surface area contributed by atoms with Crippen molar-refractivity contribution in [3.05, 3.63) is 59.7 Å². The Labute approximate surface area is 164 Å². The summed E-state index contributed by atoms with van der Waals surface area (Å²) in [4.78, 5) is 11.6. The topological polar surface area (TPSA) is 69.0 Å². The second-order valence-electron chi connectivity index (χ2n) is 7.60. The van der Waals surface area contributed by atoms with Crippen LogP contribution in [-0.2, 0) is 23.0 Å². The van der Waals surface area contributed by atoms with E-state index in [9.17, 15) is 4.79 Å². The summed E-state index contributed by atoms with van der Waals surface area (Å²) in [6, 6.07) is 16.8. The van der Waals surface area contributed by atoms with Crippen molar-refractivity contribution in [3.8, 4) is 0 Å². The van der Waals surface area contributed by atoms with Gasteiger partial charge in [0.2, 0.25) is 5.91 Å². The maximum absolute atomic E-state index is 11.6. The summed E-state index contributed by atoms with van der Waals surface area (Å²) in [5, 5.41) is 11.4. The van der Waals surface area contributed by atoms with Crippen LogP contribution >= 0.6 is 0 Å². The molecule has 1 N–H and O–H groups in total. The summed E-state index contributed by atoms with van der Waals surface area (Å²) < 4.78 is 8.22. The molecule has 1 aliphatic heterocycles. The second kappa shape index (κ2) is 8.10. The van der Waals surface area contributed by atoms with Gasteiger partial charge in [-0.2, -0.15) is 0 Å². The summed E-state index contributed by atoms with van der Waals surface area (Å²) in [6.45, 7) is 1.58. The molecule has 2 heterocycles. The minimum absolute atomic E-state index is 0.0110. The van der Waals surface area contributed by atoms with Crippen LogP contribution < -0.4 is 5.32 Å². The van der Waals surface area contributed by atoms with E-state index in [2.05, 4.69) is 52.0 Å². The van der Waals surface area contributed by atoms with Crippen molar-refractivity contribution in [2.24, 2.45) is 7.05 Å². The molecule has 1 fully saturated rings. The quantitative estimate of drug-likeness (QED) is 0.739. The zero-order valence-electron chi connectivity index (χ0n) is 16.3.